The van der Waals surface area contributed by atoms with Gasteiger partial charge in [0.25, 0.3) is 0 Å². The van der Waals surface area contributed by atoms with Gasteiger partial charge in [-0.25, -0.2) is 0 Å². The molecule has 0 bridgehead atoms. The highest BCUT2D eigenvalue weighted by molar-refractivity contribution is 5.83. The zero-order chi connectivity index (χ0) is 22.7. The summed E-state index contributed by atoms with van der Waals surface area (Å²) in [6.45, 7) is 7.64. The van der Waals surface area contributed by atoms with Crippen molar-refractivity contribution in [3.63, 3.8) is 0 Å². The summed E-state index contributed by atoms with van der Waals surface area (Å²) in [4.78, 5) is 20.2. The van der Waals surface area contributed by atoms with Crippen molar-refractivity contribution in [1.82, 2.24) is 14.7 Å². The summed E-state index contributed by atoms with van der Waals surface area (Å²) in [7, 11) is 0. The first kappa shape index (κ1) is 22.2. The van der Waals surface area contributed by atoms with Gasteiger partial charge in [-0.05, 0) is 61.0 Å². The van der Waals surface area contributed by atoms with E-state index in [1.165, 1.54) is 11.1 Å². The summed E-state index contributed by atoms with van der Waals surface area (Å²) in [5.41, 5.74) is 2.74. The fraction of sp³-hybridized carbons (Fsp3) is 0.464. The lowest BCUT2D eigenvalue weighted by Crippen LogP contribution is -2.49. The zero-order valence-corrected chi connectivity index (χ0v) is 19.4. The Hall–Kier alpha value is -2.63. The number of carbonyl (C=O) groups is 1. The van der Waals surface area contributed by atoms with Crippen LogP contribution in [-0.4, -0.2) is 71.5 Å². The molecule has 2 aromatic carbocycles. The fourth-order valence-corrected chi connectivity index (χ4v) is 5.54. The number of carbonyl (C=O) groups excluding carboxylic acids is 1. The van der Waals surface area contributed by atoms with Crippen LogP contribution >= 0.6 is 0 Å². The van der Waals surface area contributed by atoms with Crippen molar-refractivity contribution in [3.05, 3.63) is 71.8 Å². The topological polar surface area (TPSA) is 47.0 Å². The molecule has 0 unspecified atom stereocenters. The van der Waals surface area contributed by atoms with Crippen LogP contribution in [0.3, 0.4) is 0 Å². The zero-order valence-electron chi connectivity index (χ0n) is 19.4. The minimum Gasteiger partial charge on any atom is -0.508 e. The van der Waals surface area contributed by atoms with Crippen LogP contribution in [0.15, 0.2) is 60.7 Å². The summed E-state index contributed by atoms with van der Waals surface area (Å²) >= 11 is 0. The lowest BCUT2D eigenvalue weighted by atomic mass is 9.90. The Morgan fingerprint density at radius 3 is 2.30 bits per heavy atom. The Labute approximate surface area is 197 Å². The SMILES string of the molecule is O=C([C@@H]1CC12CCN(Cc1ccc(O)cc1)CC2)N1CCN(C/C=C/c2ccccc2)CC1. The Morgan fingerprint density at radius 2 is 1.61 bits per heavy atom. The second-order valence-corrected chi connectivity index (χ2v) is 10.0. The van der Waals surface area contributed by atoms with Crippen LogP contribution in [0, 0.1) is 11.3 Å². The second kappa shape index (κ2) is 9.70. The summed E-state index contributed by atoms with van der Waals surface area (Å²) in [6.07, 6.45) is 7.75. The molecule has 1 saturated carbocycles. The Morgan fingerprint density at radius 1 is 0.909 bits per heavy atom. The van der Waals surface area contributed by atoms with E-state index in [2.05, 4.69) is 51.1 Å². The Kier molecular flexibility index (Phi) is 6.52. The molecule has 33 heavy (non-hydrogen) atoms. The highest BCUT2D eigenvalue weighted by atomic mass is 16.3. The van der Waals surface area contributed by atoms with Crippen molar-refractivity contribution in [2.45, 2.75) is 25.8 Å². The lowest BCUT2D eigenvalue weighted by molar-refractivity contribution is -0.135. The number of phenols is 1. The predicted molar refractivity (Wildman–Crippen MR) is 132 cm³/mol. The molecule has 1 amide bonds. The van der Waals surface area contributed by atoms with Crippen molar-refractivity contribution >= 4 is 12.0 Å². The first-order valence-corrected chi connectivity index (χ1v) is 12.3. The second-order valence-electron chi connectivity index (χ2n) is 10.0. The molecule has 0 aromatic heterocycles. The van der Waals surface area contributed by atoms with Crippen LogP contribution in [0.25, 0.3) is 6.08 Å². The first-order valence-electron chi connectivity index (χ1n) is 12.3. The third-order valence-electron chi connectivity index (χ3n) is 7.84. The van der Waals surface area contributed by atoms with E-state index < -0.39 is 0 Å². The van der Waals surface area contributed by atoms with E-state index in [1.54, 1.807) is 12.1 Å². The maximum absolute atomic E-state index is 13.2. The Bertz CT molecular complexity index is 956. The van der Waals surface area contributed by atoms with E-state index in [1.807, 2.05) is 18.2 Å². The molecule has 1 aliphatic carbocycles. The number of hydrogen-bond donors (Lipinski definition) is 1. The van der Waals surface area contributed by atoms with Crippen LogP contribution in [0.1, 0.15) is 30.4 Å². The standard InChI is InChI=1S/C28H35N3O2/c32-25-10-8-24(9-11-25)22-30-15-12-28(13-16-30)21-26(28)27(33)31-19-17-29(18-20-31)14-4-7-23-5-2-1-3-6-23/h1-11,26,32H,12-22H2/b7-4+/t26-/m0/s1. The summed E-state index contributed by atoms with van der Waals surface area (Å²) in [6, 6.07) is 17.9. The number of benzene rings is 2. The minimum absolute atomic E-state index is 0.248. The lowest BCUT2D eigenvalue weighted by Gasteiger charge is -2.36. The molecule has 3 aliphatic rings. The summed E-state index contributed by atoms with van der Waals surface area (Å²) in [5.74, 6) is 0.972. The molecule has 2 aromatic rings. The van der Waals surface area contributed by atoms with Crippen molar-refractivity contribution in [2.24, 2.45) is 11.3 Å². The molecule has 174 valence electrons. The monoisotopic (exact) mass is 445 g/mol. The van der Waals surface area contributed by atoms with Crippen LogP contribution < -0.4 is 0 Å². The highest BCUT2D eigenvalue weighted by Crippen LogP contribution is 2.60. The number of phenolic OH excluding ortho intramolecular Hbond substituents is 1. The first-order chi connectivity index (χ1) is 16.1. The summed E-state index contributed by atoms with van der Waals surface area (Å²) in [5, 5.41) is 9.47. The van der Waals surface area contributed by atoms with Gasteiger partial charge in [-0.15, -0.1) is 0 Å². The third-order valence-corrected chi connectivity index (χ3v) is 7.84. The van der Waals surface area contributed by atoms with Crippen molar-refractivity contribution in [1.29, 1.82) is 0 Å². The average Bonchev–Trinajstić information content (AvgIpc) is 3.56. The quantitative estimate of drug-likeness (QED) is 0.734. The molecule has 5 nitrogen and oxygen atoms in total. The van der Waals surface area contributed by atoms with Gasteiger partial charge in [0.1, 0.15) is 5.75 Å². The van der Waals surface area contributed by atoms with E-state index in [0.29, 0.717) is 11.7 Å². The molecular formula is C28H35N3O2. The number of piperazine rings is 1. The van der Waals surface area contributed by atoms with Gasteiger partial charge in [-0.3, -0.25) is 14.6 Å². The van der Waals surface area contributed by atoms with Crippen LogP contribution in [0.4, 0.5) is 0 Å². The number of rotatable bonds is 6. The average molecular weight is 446 g/mol. The van der Waals surface area contributed by atoms with Crippen LogP contribution in [-0.2, 0) is 11.3 Å². The molecule has 1 N–H and O–H groups in total. The molecular weight excluding hydrogens is 410 g/mol. The van der Waals surface area contributed by atoms with Gasteiger partial charge in [0, 0.05) is 45.2 Å². The number of nitrogens with zero attached hydrogens (tertiary/aromatic N) is 3. The molecule has 2 aliphatic heterocycles. The number of hydrogen-bond acceptors (Lipinski definition) is 4. The van der Waals surface area contributed by atoms with Gasteiger partial charge in [-0.1, -0.05) is 54.6 Å². The minimum atomic E-state index is 0.248. The molecule has 0 radical (unpaired) electrons. The fourth-order valence-electron chi connectivity index (χ4n) is 5.54. The number of likely N-dealkylation sites (tertiary alicyclic amines) is 1. The Balaban J connectivity index is 1.04. The molecule has 5 heteroatoms. The van der Waals surface area contributed by atoms with Gasteiger partial charge in [0.15, 0.2) is 0 Å². The van der Waals surface area contributed by atoms with Gasteiger partial charge in [0.2, 0.25) is 5.91 Å². The van der Waals surface area contributed by atoms with Gasteiger partial charge < -0.3 is 10.0 Å². The van der Waals surface area contributed by atoms with Gasteiger partial charge in [-0.2, -0.15) is 0 Å². The van der Waals surface area contributed by atoms with E-state index >= 15 is 0 Å². The summed E-state index contributed by atoms with van der Waals surface area (Å²) < 4.78 is 0. The largest absolute Gasteiger partial charge is 0.508 e. The molecule has 2 heterocycles. The third kappa shape index (κ3) is 5.31. The van der Waals surface area contributed by atoms with Gasteiger partial charge in [0.05, 0.1) is 0 Å². The van der Waals surface area contributed by atoms with E-state index in [4.69, 9.17) is 0 Å². The van der Waals surface area contributed by atoms with E-state index in [-0.39, 0.29) is 11.3 Å². The van der Waals surface area contributed by atoms with Crippen molar-refractivity contribution in [2.75, 3.05) is 45.8 Å². The highest BCUT2D eigenvalue weighted by Gasteiger charge is 2.59. The molecule has 3 fully saturated rings. The van der Waals surface area contributed by atoms with E-state index in [9.17, 15) is 9.90 Å². The maximum Gasteiger partial charge on any atom is 0.226 e. The molecule has 2 saturated heterocycles. The van der Waals surface area contributed by atoms with Gasteiger partial charge >= 0.3 is 0 Å². The van der Waals surface area contributed by atoms with Crippen LogP contribution in [0.2, 0.25) is 0 Å². The van der Waals surface area contributed by atoms with Crippen molar-refractivity contribution in [3.8, 4) is 5.75 Å². The number of piperidine rings is 1. The number of aromatic hydroxyl groups is 1. The predicted octanol–water partition coefficient (Wildman–Crippen LogP) is 3.85. The molecule has 5 rings (SSSR count). The van der Waals surface area contributed by atoms with Crippen molar-refractivity contribution < 1.29 is 9.90 Å². The molecule has 1 spiro atoms. The normalized spacial score (nSPS) is 23.3. The number of amides is 1. The maximum atomic E-state index is 13.2. The van der Waals surface area contributed by atoms with Crippen LogP contribution in [0.5, 0.6) is 5.75 Å². The molecule has 1 atom stereocenters. The van der Waals surface area contributed by atoms with E-state index in [0.717, 1.165) is 71.6 Å². The smallest absolute Gasteiger partial charge is 0.226 e.